The van der Waals surface area contributed by atoms with E-state index in [0.717, 1.165) is 12.2 Å². The summed E-state index contributed by atoms with van der Waals surface area (Å²) >= 11 is 0. The molecule has 100 valence electrons. The molecular weight excluding hydrogens is 237 g/mol. The van der Waals surface area contributed by atoms with Crippen LogP contribution in [0.15, 0.2) is 54.6 Å². The average Bonchev–Trinajstić information content (AvgIpc) is 2.42. The molecular formula is C17H20FN. The van der Waals surface area contributed by atoms with Crippen molar-refractivity contribution in [2.75, 3.05) is 11.9 Å². The van der Waals surface area contributed by atoms with Crippen LogP contribution < -0.4 is 5.32 Å². The lowest BCUT2D eigenvalue weighted by atomic mass is 9.88. The van der Waals surface area contributed by atoms with Gasteiger partial charge in [-0.2, -0.15) is 0 Å². The first-order chi connectivity index (χ1) is 9.16. The third-order valence-electron chi connectivity index (χ3n) is 3.40. The van der Waals surface area contributed by atoms with Gasteiger partial charge in [0, 0.05) is 18.2 Å². The molecule has 0 bridgehead atoms. The summed E-state index contributed by atoms with van der Waals surface area (Å²) in [5, 5.41) is 3.39. The molecule has 1 atom stereocenters. The van der Waals surface area contributed by atoms with Crippen LogP contribution in [0.1, 0.15) is 25.3 Å². The van der Waals surface area contributed by atoms with Crippen molar-refractivity contribution in [1.82, 2.24) is 0 Å². The highest BCUT2D eigenvalue weighted by molar-refractivity contribution is 5.43. The van der Waals surface area contributed by atoms with Gasteiger partial charge in [0.15, 0.2) is 0 Å². The highest BCUT2D eigenvalue weighted by Crippen LogP contribution is 2.24. The summed E-state index contributed by atoms with van der Waals surface area (Å²) in [6.07, 6.45) is 0. The summed E-state index contributed by atoms with van der Waals surface area (Å²) in [6, 6.07) is 17.0. The van der Waals surface area contributed by atoms with E-state index in [-0.39, 0.29) is 5.82 Å². The Labute approximate surface area is 114 Å². The van der Waals surface area contributed by atoms with E-state index in [2.05, 4.69) is 43.4 Å². The second kappa shape index (κ2) is 6.37. The van der Waals surface area contributed by atoms with Gasteiger partial charge in [-0.15, -0.1) is 0 Å². The van der Waals surface area contributed by atoms with Crippen LogP contribution in [0, 0.1) is 11.7 Å². The molecule has 2 aromatic carbocycles. The van der Waals surface area contributed by atoms with Gasteiger partial charge >= 0.3 is 0 Å². The minimum absolute atomic E-state index is 0.200. The molecule has 0 aliphatic rings. The molecule has 0 radical (unpaired) electrons. The standard InChI is InChI=1S/C17H20FN/c1-13(2)17(14-6-4-3-5-7-14)12-19-16-10-8-15(18)9-11-16/h3-11,13,17,19H,12H2,1-2H3. The normalized spacial score (nSPS) is 12.4. The third-order valence-corrected chi connectivity index (χ3v) is 3.40. The Hall–Kier alpha value is -1.83. The minimum atomic E-state index is -0.200. The van der Waals surface area contributed by atoms with Crippen LogP contribution in [0.3, 0.4) is 0 Å². The number of benzene rings is 2. The van der Waals surface area contributed by atoms with Crippen molar-refractivity contribution in [3.8, 4) is 0 Å². The van der Waals surface area contributed by atoms with Crippen molar-refractivity contribution in [2.45, 2.75) is 19.8 Å². The first-order valence-electron chi connectivity index (χ1n) is 6.71. The Bertz CT molecular complexity index is 490. The molecule has 1 unspecified atom stereocenters. The predicted octanol–water partition coefficient (Wildman–Crippen LogP) is 4.68. The third kappa shape index (κ3) is 3.82. The van der Waals surface area contributed by atoms with Gasteiger partial charge in [0.1, 0.15) is 5.82 Å². The SMILES string of the molecule is CC(C)C(CNc1ccc(F)cc1)c1ccccc1. The first kappa shape index (κ1) is 13.6. The smallest absolute Gasteiger partial charge is 0.123 e. The maximum Gasteiger partial charge on any atom is 0.123 e. The molecule has 0 fully saturated rings. The van der Waals surface area contributed by atoms with E-state index in [4.69, 9.17) is 0 Å². The van der Waals surface area contributed by atoms with Gasteiger partial charge in [-0.3, -0.25) is 0 Å². The van der Waals surface area contributed by atoms with Crippen LogP contribution in [0.2, 0.25) is 0 Å². The minimum Gasteiger partial charge on any atom is -0.384 e. The van der Waals surface area contributed by atoms with E-state index < -0.39 is 0 Å². The zero-order valence-electron chi connectivity index (χ0n) is 11.4. The zero-order valence-corrected chi connectivity index (χ0v) is 11.4. The summed E-state index contributed by atoms with van der Waals surface area (Å²) in [5.41, 5.74) is 2.30. The van der Waals surface area contributed by atoms with Crippen LogP contribution >= 0.6 is 0 Å². The van der Waals surface area contributed by atoms with Crippen LogP contribution in [0.25, 0.3) is 0 Å². The van der Waals surface area contributed by atoms with Crippen LogP contribution in [0.5, 0.6) is 0 Å². The molecule has 0 amide bonds. The van der Waals surface area contributed by atoms with E-state index in [0.29, 0.717) is 11.8 Å². The molecule has 0 heterocycles. The predicted molar refractivity (Wildman–Crippen MR) is 78.9 cm³/mol. The van der Waals surface area contributed by atoms with Gasteiger partial charge in [-0.1, -0.05) is 44.2 Å². The van der Waals surface area contributed by atoms with Crippen LogP contribution in [-0.4, -0.2) is 6.54 Å². The summed E-state index contributed by atoms with van der Waals surface area (Å²) < 4.78 is 12.9. The number of rotatable bonds is 5. The van der Waals surface area contributed by atoms with Crippen molar-refractivity contribution in [3.63, 3.8) is 0 Å². The lowest BCUT2D eigenvalue weighted by molar-refractivity contribution is 0.517. The fourth-order valence-corrected chi connectivity index (χ4v) is 2.23. The molecule has 0 spiro atoms. The monoisotopic (exact) mass is 257 g/mol. The number of hydrogen-bond acceptors (Lipinski definition) is 1. The van der Waals surface area contributed by atoms with Crippen molar-refractivity contribution < 1.29 is 4.39 Å². The zero-order chi connectivity index (χ0) is 13.7. The summed E-state index contributed by atoms with van der Waals surface area (Å²) in [6.45, 7) is 5.31. The van der Waals surface area contributed by atoms with Crippen molar-refractivity contribution in [3.05, 3.63) is 66.0 Å². The highest BCUT2D eigenvalue weighted by Gasteiger charge is 2.15. The topological polar surface area (TPSA) is 12.0 Å². The lowest BCUT2D eigenvalue weighted by Crippen LogP contribution is -2.17. The molecule has 0 aliphatic heterocycles. The van der Waals surface area contributed by atoms with Gasteiger partial charge in [-0.25, -0.2) is 4.39 Å². The molecule has 2 aromatic rings. The summed E-state index contributed by atoms with van der Waals surface area (Å²) in [4.78, 5) is 0. The number of hydrogen-bond donors (Lipinski definition) is 1. The molecule has 0 saturated carbocycles. The Balaban J connectivity index is 2.04. The number of nitrogens with one attached hydrogen (secondary N) is 1. The summed E-state index contributed by atoms with van der Waals surface area (Å²) in [5.74, 6) is 0.802. The van der Waals surface area contributed by atoms with Crippen LogP contribution in [-0.2, 0) is 0 Å². The second-order valence-electron chi connectivity index (χ2n) is 5.15. The van der Waals surface area contributed by atoms with E-state index in [1.54, 1.807) is 12.1 Å². The summed E-state index contributed by atoms with van der Waals surface area (Å²) in [7, 11) is 0. The van der Waals surface area contributed by atoms with Crippen molar-refractivity contribution in [2.24, 2.45) is 5.92 Å². The quantitative estimate of drug-likeness (QED) is 0.820. The van der Waals surface area contributed by atoms with Gasteiger partial charge in [0.2, 0.25) is 0 Å². The Morgan fingerprint density at radius 3 is 2.16 bits per heavy atom. The first-order valence-corrected chi connectivity index (χ1v) is 6.71. The van der Waals surface area contributed by atoms with E-state index >= 15 is 0 Å². The Kier molecular flexibility index (Phi) is 4.56. The average molecular weight is 257 g/mol. The van der Waals surface area contributed by atoms with Gasteiger partial charge in [-0.05, 0) is 35.7 Å². The molecule has 0 aromatic heterocycles. The highest BCUT2D eigenvalue weighted by atomic mass is 19.1. The van der Waals surface area contributed by atoms with Crippen molar-refractivity contribution in [1.29, 1.82) is 0 Å². The fraction of sp³-hybridized carbons (Fsp3) is 0.294. The lowest BCUT2D eigenvalue weighted by Gasteiger charge is -2.22. The number of halogens is 1. The van der Waals surface area contributed by atoms with Gasteiger partial charge < -0.3 is 5.32 Å². The van der Waals surface area contributed by atoms with E-state index in [1.165, 1.54) is 17.7 Å². The van der Waals surface area contributed by atoms with Gasteiger partial charge in [0.25, 0.3) is 0 Å². The molecule has 2 rings (SSSR count). The number of anilines is 1. The van der Waals surface area contributed by atoms with E-state index in [9.17, 15) is 4.39 Å². The molecule has 0 saturated heterocycles. The van der Waals surface area contributed by atoms with Crippen LogP contribution in [0.4, 0.5) is 10.1 Å². The Morgan fingerprint density at radius 2 is 1.58 bits per heavy atom. The maximum atomic E-state index is 12.9. The maximum absolute atomic E-state index is 12.9. The van der Waals surface area contributed by atoms with Gasteiger partial charge in [0.05, 0.1) is 0 Å². The largest absolute Gasteiger partial charge is 0.384 e. The molecule has 1 nitrogen and oxygen atoms in total. The van der Waals surface area contributed by atoms with E-state index in [1.807, 2.05) is 6.07 Å². The molecule has 0 aliphatic carbocycles. The molecule has 2 heteroatoms. The fourth-order valence-electron chi connectivity index (χ4n) is 2.23. The molecule has 19 heavy (non-hydrogen) atoms. The Morgan fingerprint density at radius 1 is 0.947 bits per heavy atom. The second-order valence-corrected chi connectivity index (χ2v) is 5.15. The van der Waals surface area contributed by atoms with Crippen molar-refractivity contribution >= 4 is 5.69 Å². The molecule has 1 N–H and O–H groups in total.